The van der Waals surface area contributed by atoms with Crippen LogP contribution in [0.1, 0.15) is 72.1 Å². The number of rotatable bonds is 7. The first-order valence-electron chi connectivity index (χ1n) is 14.2. The summed E-state index contributed by atoms with van der Waals surface area (Å²) in [4.78, 5) is 53.1. The van der Waals surface area contributed by atoms with Crippen LogP contribution >= 0.6 is 0 Å². The molecule has 1 atom stereocenters. The number of imidazole rings is 1. The number of amides is 2. The molecule has 3 aromatic heterocycles. The molecule has 4 heterocycles. The number of anilines is 2. The van der Waals surface area contributed by atoms with Gasteiger partial charge >= 0.3 is 0 Å². The van der Waals surface area contributed by atoms with Crippen LogP contribution in [-0.2, 0) is 9.59 Å². The fourth-order valence-corrected chi connectivity index (χ4v) is 5.93. The van der Waals surface area contributed by atoms with Crippen molar-refractivity contribution < 1.29 is 14.4 Å². The molecule has 10 heteroatoms. The first kappa shape index (κ1) is 25.4. The quantitative estimate of drug-likeness (QED) is 0.261. The van der Waals surface area contributed by atoms with E-state index in [0.29, 0.717) is 60.3 Å². The fourth-order valence-electron chi connectivity index (χ4n) is 5.93. The average Bonchev–Trinajstić information content (AvgIpc) is 3.94. The van der Waals surface area contributed by atoms with Crippen LogP contribution in [-0.4, -0.2) is 55.4 Å². The molecule has 4 aromatic rings. The van der Waals surface area contributed by atoms with Gasteiger partial charge in [-0.25, -0.2) is 15.0 Å². The molecule has 2 amide bonds. The number of nitrogen functional groups attached to an aromatic ring is 1. The Morgan fingerprint density at radius 1 is 1.02 bits per heavy atom. The summed E-state index contributed by atoms with van der Waals surface area (Å²) in [5.74, 6) is 1.97. The van der Waals surface area contributed by atoms with Crippen LogP contribution < -0.4 is 11.1 Å². The van der Waals surface area contributed by atoms with E-state index < -0.39 is 5.41 Å². The Morgan fingerprint density at radius 3 is 2.56 bits per heavy atom. The molecular formula is C31H31N7O3. The lowest BCUT2D eigenvalue weighted by Crippen LogP contribution is -2.44. The molecular weight excluding hydrogens is 518 g/mol. The molecule has 7 rings (SSSR count). The number of carbonyl (C=O) groups is 3. The number of aldehydes is 1. The smallest absolute Gasteiger partial charge is 0.256 e. The predicted octanol–water partition coefficient (Wildman–Crippen LogP) is 4.19. The Balaban J connectivity index is 1.15. The van der Waals surface area contributed by atoms with Gasteiger partial charge in [-0.1, -0.05) is 12.1 Å². The first-order chi connectivity index (χ1) is 20.0. The van der Waals surface area contributed by atoms with E-state index in [0.717, 1.165) is 30.5 Å². The van der Waals surface area contributed by atoms with Crippen molar-refractivity contribution in [3.8, 4) is 11.3 Å². The van der Waals surface area contributed by atoms with Crippen molar-refractivity contribution in [3.63, 3.8) is 0 Å². The normalized spacial score (nSPS) is 19.6. The second-order valence-electron chi connectivity index (χ2n) is 11.5. The largest absolute Gasteiger partial charge is 0.382 e. The van der Waals surface area contributed by atoms with Crippen LogP contribution in [0, 0.1) is 5.41 Å². The molecule has 0 spiro atoms. The molecule has 3 fully saturated rings. The molecule has 2 aliphatic carbocycles. The second-order valence-corrected chi connectivity index (χ2v) is 11.5. The van der Waals surface area contributed by atoms with Gasteiger partial charge in [0.15, 0.2) is 0 Å². The van der Waals surface area contributed by atoms with Crippen LogP contribution in [0.15, 0.2) is 55.0 Å². The molecule has 2 saturated carbocycles. The number of piperidine rings is 1. The van der Waals surface area contributed by atoms with Gasteiger partial charge in [-0.2, -0.15) is 0 Å². The van der Waals surface area contributed by atoms with E-state index in [1.165, 1.54) is 18.4 Å². The summed E-state index contributed by atoms with van der Waals surface area (Å²) in [6, 6.07) is 11.2. The Bertz CT molecular complexity index is 1670. The van der Waals surface area contributed by atoms with Crippen LogP contribution in [0.2, 0.25) is 0 Å². The number of likely N-dealkylation sites (tertiary alicyclic amines) is 1. The number of nitrogens with two attached hydrogens (primary N) is 1. The van der Waals surface area contributed by atoms with Crippen molar-refractivity contribution >= 4 is 35.3 Å². The third-order valence-corrected chi connectivity index (χ3v) is 8.62. The van der Waals surface area contributed by atoms with Crippen LogP contribution in [0.25, 0.3) is 16.8 Å². The topological polar surface area (TPSA) is 136 Å². The number of hydrogen-bond acceptors (Lipinski definition) is 7. The Kier molecular flexibility index (Phi) is 6.06. The van der Waals surface area contributed by atoms with Crippen molar-refractivity contribution in [2.75, 3.05) is 24.1 Å². The van der Waals surface area contributed by atoms with Gasteiger partial charge < -0.3 is 20.7 Å². The highest BCUT2D eigenvalue weighted by atomic mass is 16.2. The van der Waals surface area contributed by atoms with Crippen molar-refractivity contribution in [1.82, 2.24) is 24.3 Å². The molecule has 10 nitrogen and oxygen atoms in total. The molecule has 0 radical (unpaired) electrons. The molecule has 1 aromatic carbocycles. The van der Waals surface area contributed by atoms with E-state index in [1.807, 2.05) is 39.8 Å². The molecule has 1 aliphatic heterocycles. The lowest BCUT2D eigenvalue weighted by Gasteiger charge is -2.33. The van der Waals surface area contributed by atoms with E-state index >= 15 is 0 Å². The summed E-state index contributed by atoms with van der Waals surface area (Å²) < 4.78 is 1.96. The molecule has 0 bridgehead atoms. The summed E-state index contributed by atoms with van der Waals surface area (Å²) in [5, 5.41) is 2.90. The maximum absolute atomic E-state index is 13.1. The third-order valence-electron chi connectivity index (χ3n) is 8.62. The molecule has 41 heavy (non-hydrogen) atoms. The number of aromatic nitrogens is 4. The third kappa shape index (κ3) is 4.63. The van der Waals surface area contributed by atoms with Crippen LogP contribution in [0.4, 0.5) is 11.6 Å². The molecule has 1 saturated heterocycles. The van der Waals surface area contributed by atoms with Gasteiger partial charge in [0.1, 0.15) is 40.4 Å². The standard InChI is InChI=1S/C31H31N7O3/c32-27-26-25(20-5-7-21(8-6-20)29(40)35-24-16-22(9-12-33-24)19-3-4-19)36-28(38(26)15-13-34-27)23-2-1-14-37(17-23)30(41)31(18-39)10-11-31/h5-9,12-13,15-16,18-19,23H,1-4,10-11,14,17H2,(H2,32,34)(H,33,35,40)/t23-/m1/s1. The number of hydrogen-bond donors (Lipinski definition) is 2. The number of nitrogens with one attached hydrogen (secondary N) is 1. The zero-order chi connectivity index (χ0) is 28.1. The molecule has 3 aliphatic rings. The number of nitrogens with zero attached hydrogens (tertiary/aromatic N) is 5. The van der Waals surface area contributed by atoms with Crippen molar-refractivity contribution in [2.45, 2.75) is 50.4 Å². The van der Waals surface area contributed by atoms with Crippen molar-refractivity contribution in [2.24, 2.45) is 5.41 Å². The van der Waals surface area contributed by atoms with E-state index in [9.17, 15) is 14.4 Å². The molecule has 0 unspecified atom stereocenters. The van der Waals surface area contributed by atoms with Gasteiger partial charge in [-0.15, -0.1) is 0 Å². The minimum Gasteiger partial charge on any atom is -0.382 e. The Morgan fingerprint density at radius 2 is 1.83 bits per heavy atom. The summed E-state index contributed by atoms with van der Waals surface area (Å²) in [6.45, 7) is 1.15. The zero-order valence-corrected chi connectivity index (χ0v) is 22.6. The maximum atomic E-state index is 13.1. The van der Waals surface area contributed by atoms with Gasteiger partial charge in [0.05, 0.1) is 0 Å². The van der Waals surface area contributed by atoms with Crippen molar-refractivity contribution in [3.05, 3.63) is 71.9 Å². The van der Waals surface area contributed by atoms with E-state index in [4.69, 9.17) is 10.7 Å². The maximum Gasteiger partial charge on any atom is 0.256 e. The van der Waals surface area contributed by atoms with Gasteiger partial charge in [-0.3, -0.25) is 14.0 Å². The molecule has 3 N–H and O–H groups in total. The predicted molar refractivity (Wildman–Crippen MR) is 153 cm³/mol. The highest BCUT2D eigenvalue weighted by Crippen LogP contribution is 2.46. The summed E-state index contributed by atoms with van der Waals surface area (Å²) in [5.41, 5.74) is 9.42. The fraction of sp³-hybridized carbons (Fsp3) is 0.355. The minimum absolute atomic E-state index is 0.0119. The average molecular weight is 550 g/mol. The minimum atomic E-state index is -0.819. The lowest BCUT2D eigenvalue weighted by atomic mass is 9.95. The number of carbonyl (C=O) groups excluding carboxylic acids is 3. The van der Waals surface area contributed by atoms with Gasteiger partial charge in [-0.05, 0) is 74.3 Å². The van der Waals surface area contributed by atoms with E-state index in [2.05, 4.69) is 15.3 Å². The van der Waals surface area contributed by atoms with Gasteiger partial charge in [0.25, 0.3) is 5.91 Å². The first-order valence-corrected chi connectivity index (χ1v) is 14.2. The Hall–Kier alpha value is -4.60. The number of benzene rings is 1. The monoisotopic (exact) mass is 549 g/mol. The lowest BCUT2D eigenvalue weighted by molar-refractivity contribution is -0.140. The van der Waals surface area contributed by atoms with E-state index in [-0.39, 0.29) is 17.7 Å². The molecule has 208 valence electrons. The summed E-state index contributed by atoms with van der Waals surface area (Å²) >= 11 is 0. The zero-order valence-electron chi connectivity index (χ0n) is 22.6. The summed E-state index contributed by atoms with van der Waals surface area (Å²) in [6.07, 6.45) is 11.4. The van der Waals surface area contributed by atoms with Gasteiger partial charge in [0, 0.05) is 48.7 Å². The SMILES string of the molecule is Nc1nccn2c([C@@H]3CCCN(C(=O)C4(C=O)CC4)C3)nc(-c3ccc(C(=O)Nc4cc(C5CC5)ccn4)cc3)c12. The van der Waals surface area contributed by atoms with Gasteiger partial charge in [0.2, 0.25) is 5.91 Å². The second kappa shape index (κ2) is 9.79. The number of fused-ring (bicyclic) bond motifs is 1. The van der Waals surface area contributed by atoms with Crippen LogP contribution in [0.5, 0.6) is 0 Å². The van der Waals surface area contributed by atoms with E-state index in [1.54, 1.807) is 24.5 Å². The highest BCUT2D eigenvalue weighted by molar-refractivity contribution is 6.04. The Labute approximate surface area is 237 Å². The number of pyridine rings is 1. The van der Waals surface area contributed by atoms with Crippen molar-refractivity contribution in [1.29, 1.82) is 0 Å². The highest BCUT2D eigenvalue weighted by Gasteiger charge is 2.52. The van der Waals surface area contributed by atoms with Crippen LogP contribution in [0.3, 0.4) is 0 Å². The summed E-state index contributed by atoms with van der Waals surface area (Å²) in [7, 11) is 0.